The fraction of sp³-hybridized carbons (Fsp3) is 0. The Labute approximate surface area is 77.2 Å². The Morgan fingerprint density at radius 1 is 1.17 bits per heavy atom. The van der Waals surface area contributed by atoms with Crippen molar-refractivity contribution in [2.45, 2.75) is 4.90 Å². The first-order valence-corrected chi connectivity index (χ1v) is 7.32. The van der Waals surface area contributed by atoms with Crippen molar-refractivity contribution in [1.82, 2.24) is 0 Å². The van der Waals surface area contributed by atoms with E-state index >= 15 is 0 Å². The van der Waals surface area contributed by atoms with Gasteiger partial charge >= 0.3 is 77.1 Å². The van der Waals surface area contributed by atoms with Gasteiger partial charge in [-0.05, 0) is 0 Å². The summed E-state index contributed by atoms with van der Waals surface area (Å²) in [5, 5.41) is 0. The van der Waals surface area contributed by atoms with E-state index in [1.54, 1.807) is 0 Å². The average Bonchev–Trinajstić information content (AvgIpc) is 2.03. The van der Waals surface area contributed by atoms with E-state index in [1.807, 2.05) is 0 Å². The second-order valence-electron chi connectivity index (χ2n) is 2.26. The molecule has 0 heterocycles. The van der Waals surface area contributed by atoms with Crippen LogP contribution >= 0.6 is 0 Å². The normalized spacial score (nSPS) is 10.8. The summed E-state index contributed by atoms with van der Waals surface area (Å²) in [5.74, 6) is 0. The third-order valence-electron chi connectivity index (χ3n) is 1.39. The van der Waals surface area contributed by atoms with Gasteiger partial charge in [-0.3, -0.25) is 0 Å². The summed E-state index contributed by atoms with van der Waals surface area (Å²) in [6.45, 7) is 0. The predicted molar refractivity (Wildman–Crippen MR) is 36.6 cm³/mol. The van der Waals surface area contributed by atoms with E-state index in [4.69, 9.17) is 4.55 Å². The minimum absolute atomic E-state index is 0.165. The summed E-state index contributed by atoms with van der Waals surface area (Å²) in [6, 6.07) is 5.40. The van der Waals surface area contributed by atoms with E-state index in [2.05, 4.69) is 0 Å². The zero-order valence-corrected chi connectivity index (χ0v) is 9.88. The van der Waals surface area contributed by atoms with Gasteiger partial charge in [0.15, 0.2) is 0 Å². The second-order valence-corrected chi connectivity index (χ2v) is 6.00. The van der Waals surface area contributed by atoms with Crippen LogP contribution in [0.15, 0.2) is 29.2 Å². The van der Waals surface area contributed by atoms with Crippen molar-refractivity contribution in [3.05, 3.63) is 24.3 Å². The van der Waals surface area contributed by atoms with Crippen LogP contribution in [0.3, 0.4) is 0 Å². The molecule has 0 unspecified atom stereocenters. The van der Waals surface area contributed by atoms with Crippen molar-refractivity contribution < 1.29 is 33.6 Å². The van der Waals surface area contributed by atoms with Gasteiger partial charge < -0.3 is 0 Å². The Kier molecular flexibility index (Phi) is 2.82. The number of hydrogen-bond acceptors (Lipinski definition) is 3. The Hall–Kier alpha value is -0.447. The molecule has 61 valence electrons. The van der Waals surface area contributed by atoms with Gasteiger partial charge in [-0.2, -0.15) is 0 Å². The number of benzene rings is 1. The topological polar surface area (TPSA) is 71.4 Å². The molecule has 0 atom stereocenters. The molecule has 0 aliphatic carbocycles. The Balaban J connectivity index is 3.17. The molecule has 0 amide bonds. The predicted octanol–water partition coefficient (Wildman–Crippen LogP) is -0.0134. The van der Waals surface area contributed by atoms with Crippen molar-refractivity contribution in [2.75, 3.05) is 0 Å². The standard InChI is InChI=1S/C6H5O3S.O.Zn/c7-10(8,9)6-4-2-1-3-5-6;;/h2-5H,(H,7,8,9);;. The molecule has 1 rings (SSSR count). The molecule has 0 aromatic heterocycles. The molecule has 0 aliphatic heterocycles. The van der Waals surface area contributed by atoms with E-state index in [0.717, 1.165) is 0 Å². The third-order valence-corrected chi connectivity index (χ3v) is 3.94. The van der Waals surface area contributed by atoms with E-state index in [0.29, 0.717) is 4.16 Å². The molecule has 12 heavy (non-hydrogen) atoms. The van der Waals surface area contributed by atoms with Crippen LogP contribution in [0.2, 0.25) is 0 Å². The van der Waals surface area contributed by atoms with Crippen molar-refractivity contribution in [3.63, 3.8) is 0 Å². The van der Waals surface area contributed by atoms with Crippen LogP contribution in [0.4, 0.5) is 0 Å². The molecule has 1 aromatic rings. The van der Waals surface area contributed by atoms with E-state index in [1.165, 1.54) is 24.3 Å². The van der Waals surface area contributed by atoms with E-state index in [9.17, 15) is 12.0 Å². The monoisotopic (exact) mass is 237 g/mol. The minimum atomic E-state index is -4.11. The SMILES string of the molecule is [O]=[Zn][c]1ccc(S(=O)(=O)O)cc1. The molecule has 4 nitrogen and oxygen atoms in total. The Morgan fingerprint density at radius 2 is 1.67 bits per heavy atom. The maximum atomic E-state index is 10.5. The quantitative estimate of drug-likeness (QED) is 0.581. The fourth-order valence-corrected chi connectivity index (χ4v) is 2.14. The first kappa shape index (κ1) is 9.64. The van der Waals surface area contributed by atoms with Crippen LogP contribution in [-0.4, -0.2) is 13.0 Å². The third kappa shape index (κ3) is 2.27. The number of hydrogen-bond donors (Lipinski definition) is 1. The van der Waals surface area contributed by atoms with Crippen LogP contribution in [0, 0.1) is 0 Å². The zero-order valence-electron chi connectivity index (χ0n) is 6.10. The van der Waals surface area contributed by atoms with Gasteiger partial charge in [0.2, 0.25) is 0 Å². The summed E-state index contributed by atoms with van der Waals surface area (Å²) >= 11 is -1.88. The van der Waals surface area contributed by atoms with Crippen LogP contribution in [0.1, 0.15) is 0 Å². The molecule has 0 spiro atoms. The van der Waals surface area contributed by atoms with Gasteiger partial charge in [0.05, 0.1) is 0 Å². The molecule has 6 heteroatoms. The molecule has 1 aromatic carbocycles. The number of rotatable bonds is 2. The summed E-state index contributed by atoms with van der Waals surface area (Å²) in [4.78, 5) is -0.165. The van der Waals surface area contributed by atoms with Crippen LogP contribution in [0.5, 0.6) is 0 Å². The van der Waals surface area contributed by atoms with Crippen molar-refractivity contribution in [3.8, 4) is 0 Å². The molecule has 0 fully saturated rings. The molecule has 0 aliphatic rings. The fourth-order valence-electron chi connectivity index (χ4n) is 0.758. The van der Waals surface area contributed by atoms with Gasteiger partial charge in [-0.25, -0.2) is 0 Å². The first-order chi connectivity index (χ1) is 5.54. The van der Waals surface area contributed by atoms with Gasteiger partial charge in [0.1, 0.15) is 0 Å². The molecular formula is C6H5O4SZn. The van der Waals surface area contributed by atoms with Crippen LogP contribution in [-0.2, 0) is 30.8 Å². The van der Waals surface area contributed by atoms with Crippen molar-refractivity contribution >= 4 is 14.3 Å². The van der Waals surface area contributed by atoms with Gasteiger partial charge in [-0.15, -0.1) is 0 Å². The molecule has 0 saturated heterocycles. The molecule has 0 saturated carbocycles. The second kappa shape index (κ2) is 3.52. The maximum absolute atomic E-state index is 10.5. The molecule has 1 N–H and O–H groups in total. The summed E-state index contributed by atoms with van der Waals surface area (Å²) in [6.07, 6.45) is 0. The molecule has 0 radical (unpaired) electrons. The Bertz CT molecular complexity index is 381. The van der Waals surface area contributed by atoms with Gasteiger partial charge in [0, 0.05) is 0 Å². The van der Waals surface area contributed by atoms with E-state index in [-0.39, 0.29) is 4.90 Å². The van der Waals surface area contributed by atoms with Gasteiger partial charge in [-0.1, -0.05) is 0 Å². The van der Waals surface area contributed by atoms with Gasteiger partial charge in [0.25, 0.3) is 0 Å². The van der Waals surface area contributed by atoms with E-state index < -0.39 is 27.2 Å². The first-order valence-electron chi connectivity index (χ1n) is 3.18. The zero-order chi connectivity index (χ0) is 9.19. The van der Waals surface area contributed by atoms with Crippen molar-refractivity contribution in [1.29, 1.82) is 0 Å². The molecule has 0 bridgehead atoms. The average molecular weight is 239 g/mol. The van der Waals surface area contributed by atoms with Crippen LogP contribution in [0.25, 0.3) is 0 Å². The molecular weight excluding hydrogens is 234 g/mol. The summed E-state index contributed by atoms with van der Waals surface area (Å²) in [7, 11) is -4.11. The summed E-state index contributed by atoms with van der Waals surface area (Å²) in [5.41, 5.74) is 0. The summed E-state index contributed by atoms with van der Waals surface area (Å²) < 4.78 is 40.8. The van der Waals surface area contributed by atoms with Crippen molar-refractivity contribution in [2.24, 2.45) is 0 Å². The van der Waals surface area contributed by atoms with Crippen LogP contribution < -0.4 is 4.16 Å². The Morgan fingerprint density at radius 3 is 2.00 bits per heavy atom.